The smallest absolute Gasteiger partial charge is 0.0406 e. The van der Waals surface area contributed by atoms with Crippen molar-refractivity contribution >= 4 is 11.6 Å². The van der Waals surface area contributed by atoms with Crippen molar-refractivity contribution in [2.45, 2.75) is 12.8 Å². The molecule has 0 aliphatic carbocycles. The molecule has 0 radical (unpaired) electrons. The molecule has 0 unspecified atom stereocenters. The van der Waals surface area contributed by atoms with Crippen molar-refractivity contribution < 1.29 is 0 Å². The van der Waals surface area contributed by atoms with E-state index in [2.05, 4.69) is 11.9 Å². The zero-order valence-corrected chi connectivity index (χ0v) is 9.27. The molecule has 0 atom stereocenters. The Morgan fingerprint density at radius 3 is 2.57 bits per heavy atom. The number of nitrogens with one attached hydrogen (secondary N) is 1. The van der Waals surface area contributed by atoms with Gasteiger partial charge in [-0.25, -0.2) is 0 Å². The lowest BCUT2D eigenvalue weighted by Gasteiger charge is -2.05. The monoisotopic (exact) mass is 209 g/mol. The van der Waals surface area contributed by atoms with Crippen LogP contribution in [0.25, 0.3) is 0 Å². The van der Waals surface area contributed by atoms with Crippen LogP contribution in [0, 0.1) is 0 Å². The molecule has 0 saturated heterocycles. The van der Waals surface area contributed by atoms with Gasteiger partial charge in [-0.3, -0.25) is 0 Å². The van der Waals surface area contributed by atoms with Crippen molar-refractivity contribution in [3.63, 3.8) is 0 Å². The lowest BCUT2D eigenvalue weighted by Crippen LogP contribution is -2.08. The molecule has 0 aromatic heterocycles. The van der Waals surface area contributed by atoms with E-state index in [0.717, 1.165) is 24.4 Å². The van der Waals surface area contributed by atoms with Gasteiger partial charge >= 0.3 is 0 Å². The fraction of sp³-hybridized carbons (Fsp3) is 0.333. The van der Waals surface area contributed by atoms with Crippen molar-refractivity contribution in [1.82, 2.24) is 5.32 Å². The molecule has 0 saturated carbocycles. The van der Waals surface area contributed by atoms with E-state index in [0.29, 0.717) is 0 Å². The Morgan fingerprint density at radius 1 is 1.36 bits per heavy atom. The topological polar surface area (TPSA) is 12.0 Å². The summed E-state index contributed by atoms with van der Waals surface area (Å²) in [6.45, 7) is 5.03. The SMILES string of the molecule is C=C(CCNC)Cc1ccc(Cl)cc1. The first kappa shape index (κ1) is 11.3. The van der Waals surface area contributed by atoms with Gasteiger partial charge in [0.05, 0.1) is 0 Å². The van der Waals surface area contributed by atoms with Crippen LogP contribution in [-0.2, 0) is 6.42 Å². The summed E-state index contributed by atoms with van der Waals surface area (Å²) in [5.74, 6) is 0. The number of rotatable bonds is 5. The summed E-state index contributed by atoms with van der Waals surface area (Å²) in [5, 5.41) is 3.90. The first-order valence-corrected chi connectivity index (χ1v) is 5.16. The summed E-state index contributed by atoms with van der Waals surface area (Å²) in [4.78, 5) is 0. The molecular formula is C12H16ClN. The quantitative estimate of drug-likeness (QED) is 0.736. The molecule has 1 N–H and O–H groups in total. The molecule has 1 rings (SSSR count). The Morgan fingerprint density at radius 2 is 2.00 bits per heavy atom. The van der Waals surface area contributed by atoms with Crippen LogP contribution in [0.2, 0.25) is 5.02 Å². The molecule has 0 spiro atoms. The van der Waals surface area contributed by atoms with Crippen LogP contribution in [0.5, 0.6) is 0 Å². The summed E-state index contributed by atoms with van der Waals surface area (Å²) in [6, 6.07) is 7.93. The first-order valence-electron chi connectivity index (χ1n) is 4.78. The molecule has 0 aliphatic rings. The maximum absolute atomic E-state index is 5.80. The molecule has 0 aliphatic heterocycles. The van der Waals surface area contributed by atoms with E-state index in [1.54, 1.807) is 0 Å². The minimum absolute atomic E-state index is 0.787. The molecular weight excluding hydrogens is 194 g/mol. The zero-order valence-electron chi connectivity index (χ0n) is 8.52. The van der Waals surface area contributed by atoms with Crippen LogP contribution < -0.4 is 5.32 Å². The van der Waals surface area contributed by atoms with Crippen molar-refractivity contribution in [2.75, 3.05) is 13.6 Å². The van der Waals surface area contributed by atoms with Gasteiger partial charge in [0.2, 0.25) is 0 Å². The second-order valence-electron chi connectivity index (χ2n) is 3.41. The van der Waals surface area contributed by atoms with Gasteiger partial charge in [-0.2, -0.15) is 0 Å². The van der Waals surface area contributed by atoms with Gasteiger partial charge in [0.25, 0.3) is 0 Å². The molecule has 2 heteroatoms. The minimum Gasteiger partial charge on any atom is -0.319 e. The van der Waals surface area contributed by atoms with Crippen molar-refractivity contribution in [3.8, 4) is 0 Å². The highest BCUT2D eigenvalue weighted by Crippen LogP contribution is 2.13. The standard InChI is InChI=1S/C12H16ClN/c1-10(7-8-14-2)9-11-3-5-12(13)6-4-11/h3-6,14H,1,7-9H2,2H3. The lowest BCUT2D eigenvalue weighted by atomic mass is 10.0. The summed E-state index contributed by atoms with van der Waals surface area (Å²) >= 11 is 5.80. The van der Waals surface area contributed by atoms with Gasteiger partial charge in [-0.1, -0.05) is 35.9 Å². The van der Waals surface area contributed by atoms with Gasteiger partial charge in [-0.15, -0.1) is 0 Å². The number of hydrogen-bond donors (Lipinski definition) is 1. The third kappa shape index (κ3) is 3.95. The second-order valence-corrected chi connectivity index (χ2v) is 3.84. The Labute approximate surface area is 90.8 Å². The molecule has 1 aromatic carbocycles. The van der Waals surface area contributed by atoms with E-state index >= 15 is 0 Å². The normalized spacial score (nSPS) is 10.1. The molecule has 14 heavy (non-hydrogen) atoms. The average Bonchev–Trinajstić information content (AvgIpc) is 2.18. The highest BCUT2D eigenvalue weighted by molar-refractivity contribution is 6.30. The molecule has 0 bridgehead atoms. The Balaban J connectivity index is 2.44. The summed E-state index contributed by atoms with van der Waals surface area (Å²) < 4.78 is 0. The summed E-state index contributed by atoms with van der Waals surface area (Å²) in [7, 11) is 1.95. The third-order valence-corrected chi connectivity index (χ3v) is 2.35. The van der Waals surface area contributed by atoms with Crippen molar-refractivity contribution in [3.05, 3.63) is 47.0 Å². The van der Waals surface area contributed by atoms with Crippen LogP contribution in [0.15, 0.2) is 36.4 Å². The Bertz CT molecular complexity index is 290. The zero-order chi connectivity index (χ0) is 10.4. The maximum Gasteiger partial charge on any atom is 0.0406 e. The fourth-order valence-corrected chi connectivity index (χ4v) is 1.41. The van der Waals surface area contributed by atoms with Crippen LogP contribution >= 0.6 is 11.6 Å². The van der Waals surface area contributed by atoms with Gasteiger partial charge in [0.1, 0.15) is 0 Å². The Kier molecular flexibility index (Phi) is 4.71. The number of halogens is 1. The van der Waals surface area contributed by atoms with Crippen molar-refractivity contribution in [2.24, 2.45) is 0 Å². The fourth-order valence-electron chi connectivity index (χ4n) is 1.28. The molecule has 1 aromatic rings. The summed E-state index contributed by atoms with van der Waals surface area (Å²) in [6.07, 6.45) is 1.97. The first-order chi connectivity index (χ1) is 6.72. The molecule has 0 fully saturated rings. The number of hydrogen-bond acceptors (Lipinski definition) is 1. The maximum atomic E-state index is 5.80. The molecule has 1 nitrogen and oxygen atoms in total. The number of benzene rings is 1. The van der Waals surface area contributed by atoms with Crippen molar-refractivity contribution in [1.29, 1.82) is 0 Å². The van der Waals surface area contributed by atoms with Crippen LogP contribution in [-0.4, -0.2) is 13.6 Å². The van der Waals surface area contributed by atoms with E-state index in [1.165, 1.54) is 11.1 Å². The van der Waals surface area contributed by atoms with Gasteiger partial charge in [0.15, 0.2) is 0 Å². The van der Waals surface area contributed by atoms with E-state index in [1.807, 2.05) is 31.3 Å². The Hall–Kier alpha value is -0.790. The highest BCUT2D eigenvalue weighted by atomic mass is 35.5. The predicted molar refractivity (Wildman–Crippen MR) is 62.8 cm³/mol. The second kappa shape index (κ2) is 5.84. The predicted octanol–water partition coefficient (Wildman–Crippen LogP) is 3.05. The molecule has 76 valence electrons. The van der Waals surface area contributed by atoms with Crippen LogP contribution in [0.1, 0.15) is 12.0 Å². The molecule has 0 heterocycles. The van der Waals surface area contributed by atoms with E-state index in [9.17, 15) is 0 Å². The van der Waals surface area contributed by atoms with E-state index in [-0.39, 0.29) is 0 Å². The summed E-state index contributed by atoms with van der Waals surface area (Å²) in [5.41, 5.74) is 2.53. The largest absolute Gasteiger partial charge is 0.319 e. The average molecular weight is 210 g/mol. The minimum atomic E-state index is 0.787. The van der Waals surface area contributed by atoms with Gasteiger partial charge in [-0.05, 0) is 44.1 Å². The van der Waals surface area contributed by atoms with Gasteiger partial charge < -0.3 is 5.32 Å². The lowest BCUT2D eigenvalue weighted by molar-refractivity contribution is 0.774. The van der Waals surface area contributed by atoms with Gasteiger partial charge in [0, 0.05) is 5.02 Å². The highest BCUT2D eigenvalue weighted by Gasteiger charge is 1.97. The van der Waals surface area contributed by atoms with Crippen LogP contribution in [0.3, 0.4) is 0 Å². The molecule has 0 amide bonds. The van der Waals surface area contributed by atoms with E-state index in [4.69, 9.17) is 11.6 Å². The van der Waals surface area contributed by atoms with Crippen LogP contribution in [0.4, 0.5) is 0 Å². The third-order valence-electron chi connectivity index (χ3n) is 2.10. The van der Waals surface area contributed by atoms with E-state index < -0.39 is 0 Å².